The number of hydrogen-bond acceptors (Lipinski definition) is 4. The summed E-state index contributed by atoms with van der Waals surface area (Å²) in [6.07, 6.45) is 1.02. The third kappa shape index (κ3) is 4.63. The zero-order valence-electron chi connectivity index (χ0n) is 15.4. The second-order valence-electron chi connectivity index (χ2n) is 5.79. The molecule has 0 spiro atoms. The minimum absolute atomic E-state index is 0.300. The molecule has 1 N–H and O–H groups in total. The summed E-state index contributed by atoms with van der Waals surface area (Å²) in [5, 5.41) is 3.36. The number of rotatable bonds is 6. The molecule has 0 aromatic heterocycles. The molecule has 0 saturated heterocycles. The minimum Gasteiger partial charge on any atom is -0.496 e. The SMILES string of the molecule is CCc1cc(C)c(OCc2c(NC(=S)OC)cccc2OC)cc1C. The molecule has 0 aliphatic heterocycles. The van der Waals surface area contributed by atoms with Crippen molar-refractivity contribution in [3.8, 4) is 11.5 Å². The summed E-state index contributed by atoms with van der Waals surface area (Å²) in [7, 11) is 3.18. The number of hydrogen-bond donors (Lipinski definition) is 1. The highest BCUT2D eigenvalue weighted by atomic mass is 32.1. The molecule has 5 heteroatoms. The molecule has 0 atom stereocenters. The second-order valence-corrected chi connectivity index (χ2v) is 6.16. The lowest BCUT2D eigenvalue weighted by atomic mass is 10.0. The van der Waals surface area contributed by atoms with Gasteiger partial charge < -0.3 is 19.5 Å². The van der Waals surface area contributed by atoms with Crippen LogP contribution >= 0.6 is 12.2 Å². The maximum absolute atomic E-state index is 6.10. The van der Waals surface area contributed by atoms with Gasteiger partial charge in [-0.05, 0) is 67.4 Å². The average Bonchev–Trinajstić information content (AvgIpc) is 2.62. The Hall–Kier alpha value is -2.27. The Morgan fingerprint density at radius 3 is 2.48 bits per heavy atom. The maximum Gasteiger partial charge on any atom is 0.260 e. The van der Waals surface area contributed by atoms with Crippen molar-refractivity contribution >= 4 is 23.1 Å². The Labute approximate surface area is 155 Å². The van der Waals surface area contributed by atoms with Crippen LogP contribution in [-0.4, -0.2) is 19.4 Å². The molecule has 0 fully saturated rings. The van der Waals surface area contributed by atoms with E-state index >= 15 is 0 Å². The Bertz CT molecular complexity index is 759. The van der Waals surface area contributed by atoms with Crippen LogP contribution in [0.3, 0.4) is 0 Å². The molecule has 0 aliphatic carbocycles. The summed E-state index contributed by atoms with van der Waals surface area (Å²) in [6.45, 7) is 6.70. The summed E-state index contributed by atoms with van der Waals surface area (Å²) < 4.78 is 16.6. The average molecular weight is 359 g/mol. The molecule has 2 aromatic carbocycles. The number of benzene rings is 2. The zero-order chi connectivity index (χ0) is 18.4. The first-order valence-electron chi connectivity index (χ1n) is 8.23. The summed E-state index contributed by atoms with van der Waals surface area (Å²) in [5.74, 6) is 1.62. The van der Waals surface area contributed by atoms with Crippen molar-refractivity contribution in [1.82, 2.24) is 0 Å². The van der Waals surface area contributed by atoms with Gasteiger partial charge in [-0.15, -0.1) is 0 Å². The van der Waals surface area contributed by atoms with Crippen molar-refractivity contribution in [2.45, 2.75) is 33.8 Å². The van der Waals surface area contributed by atoms with Crippen LogP contribution in [0.4, 0.5) is 5.69 Å². The molecule has 25 heavy (non-hydrogen) atoms. The molecule has 0 unspecified atom stereocenters. The first-order chi connectivity index (χ1) is 12.0. The summed E-state index contributed by atoms with van der Waals surface area (Å²) >= 11 is 5.10. The third-order valence-electron chi connectivity index (χ3n) is 4.16. The van der Waals surface area contributed by atoms with E-state index in [0.29, 0.717) is 11.8 Å². The van der Waals surface area contributed by atoms with Crippen LogP contribution in [0.1, 0.15) is 29.2 Å². The van der Waals surface area contributed by atoms with Gasteiger partial charge in [0.2, 0.25) is 0 Å². The van der Waals surface area contributed by atoms with Crippen LogP contribution < -0.4 is 14.8 Å². The van der Waals surface area contributed by atoms with Gasteiger partial charge in [0.1, 0.15) is 18.1 Å². The molecule has 134 valence electrons. The van der Waals surface area contributed by atoms with E-state index < -0.39 is 0 Å². The van der Waals surface area contributed by atoms with E-state index in [4.69, 9.17) is 26.4 Å². The quantitative estimate of drug-likeness (QED) is 0.751. The number of aryl methyl sites for hydroxylation is 3. The Morgan fingerprint density at radius 1 is 1.08 bits per heavy atom. The van der Waals surface area contributed by atoms with Crippen molar-refractivity contribution in [1.29, 1.82) is 0 Å². The van der Waals surface area contributed by atoms with E-state index in [-0.39, 0.29) is 0 Å². The smallest absolute Gasteiger partial charge is 0.260 e. The van der Waals surface area contributed by atoms with E-state index in [0.717, 1.165) is 34.7 Å². The third-order valence-corrected chi connectivity index (χ3v) is 4.43. The normalized spacial score (nSPS) is 10.3. The minimum atomic E-state index is 0.300. The number of methoxy groups -OCH3 is 2. The lowest BCUT2D eigenvalue weighted by Crippen LogP contribution is -2.13. The zero-order valence-corrected chi connectivity index (χ0v) is 16.3. The van der Waals surface area contributed by atoms with Gasteiger partial charge in [-0.2, -0.15) is 0 Å². The summed E-state index contributed by atoms with van der Waals surface area (Å²) in [4.78, 5) is 0. The molecule has 0 amide bonds. The van der Waals surface area contributed by atoms with Gasteiger partial charge in [0, 0.05) is 0 Å². The number of thiocarbonyl (C=S) groups is 1. The van der Waals surface area contributed by atoms with Gasteiger partial charge >= 0.3 is 0 Å². The maximum atomic E-state index is 6.10. The largest absolute Gasteiger partial charge is 0.496 e. The highest BCUT2D eigenvalue weighted by Gasteiger charge is 2.13. The van der Waals surface area contributed by atoms with Crippen molar-refractivity contribution in [3.05, 3.63) is 52.6 Å². The predicted molar refractivity (Wildman–Crippen MR) is 106 cm³/mol. The van der Waals surface area contributed by atoms with Crippen molar-refractivity contribution in [2.75, 3.05) is 19.5 Å². The Morgan fingerprint density at radius 2 is 1.84 bits per heavy atom. The van der Waals surface area contributed by atoms with Crippen molar-refractivity contribution in [2.24, 2.45) is 0 Å². The van der Waals surface area contributed by atoms with Crippen LogP contribution in [-0.2, 0) is 17.8 Å². The fraction of sp³-hybridized carbons (Fsp3) is 0.350. The van der Waals surface area contributed by atoms with Gasteiger partial charge in [0.25, 0.3) is 5.17 Å². The van der Waals surface area contributed by atoms with Crippen molar-refractivity contribution < 1.29 is 14.2 Å². The topological polar surface area (TPSA) is 39.7 Å². The molecule has 2 aromatic rings. The highest BCUT2D eigenvalue weighted by Crippen LogP contribution is 2.30. The number of ether oxygens (including phenoxy) is 3. The molecule has 0 bridgehead atoms. The Balaban J connectivity index is 2.28. The molecule has 0 heterocycles. The van der Waals surface area contributed by atoms with E-state index in [1.54, 1.807) is 7.11 Å². The molecule has 0 saturated carbocycles. The van der Waals surface area contributed by atoms with Crippen molar-refractivity contribution in [3.63, 3.8) is 0 Å². The standard InChI is InChI=1S/C20H25NO3S/c1-6-15-10-14(3)19(11-13(15)2)24-12-16-17(21-20(25)23-5)8-7-9-18(16)22-4/h7-11H,6,12H2,1-5H3,(H,21,25). The molecule has 0 radical (unpaired) electrons. The van der Waals surface area contributed by atoms with Crippen LogP contribution in [0.15, 0.2) is 30.3 Å². The lowest BCUT2D eigenvalue weighted by molar-refractivity contribution is 0.295. The first-order valence-corrected chi connectivity index (χ1v) is 8.64. The highest BCUT2D eigenvalue weighted by molar-refractivity contribution is 7.80. The van der Waals surface area contributed by atoms with Crippen LogP contribution in [0.25, 0.3) is 0 Å². The van der Waals surface area contributed by atoms with Gasteiger partial charge in [-0.25, -0.2) is 0 Å². The molecule has 0 aliphatic rings. The van der Waals surface area contributed by atoms with Gasteiger partial charge in [0.05, 0.1) is 25.5 Å². The molecular weight excluding hydrogens is 334 g/mol. The van der Waals surface area contributed by atoms with E-state index in [2.05, 4.69) is 38.2 Å². The number of anilines is 1. The van der Waals surface area contributed by atoms with Gasteiger partial charge in [0.15, 0.2) is 0 Å². The van der Waals surface area contributed by atoms with E-state index in [1.165, 1.54) is 18.2 Å². The monoisotopic (exact) mass is 359 g/mol. The number of nitrogens with one attached hydrogen (secondary N) is 1. The molecule has 4 nitrogen and oxygen atoms in total. The van der Waals surface area contributed by atoms with Gasteiger partial charge in [-0.3, -0.25) is 0 Å². The van der Waals surface area contributed by atoms with Gasteiger partial charge in [-0.1, -0.05) is 19.1 Å². The van der Waals surface area contributed by atoms with Crippen LogP contribution in [0, 0.1) is 13.8 Å². The molecular formula is C20H25NO3S. The van der Waals surface area contributed by atoms with E-state index in [1.807, 2.05) is 18.2 Å². The van der Waals surface area contributed by atoms with Crippen LogP contribution in [0.5, 0.6) is 11.5 Å². The second kappa shape index (κ2) is 8.72. The fourth-order valence-electron chi connectivity index (χ4n) is 2.72. The summed E-state index contributed by atoms with van der Waals surface area (Å²) in [6, 6.07) is 10.00. The Kier molecular flexibility index (Phi) is 6.65. The summed E-state index contributed by atoms with van der Waals surface area (Å²) in [5.41, 5.74) is 5.41. The molecule has 2 rings (SSSR count). The first kappa shape index (κ1) is 19.1. The lowest BCUT2D eigenvalue weighted by Gasteiger charge is -2.17. The van der Waals surface area contributed by atoms with E-state index in [9.17, 15) is 0 Å². The fourth-order valence-corrected chi connectivity index (χ4v) is 2.83. The van der Waals surface area contributed by atoms with Crippen LogP contribution in [0.2, 0.25) is 0 Å². The predicted octanol–water partition coefficient (Wildman–Crippen LogP) is 4.80.